The van der Waals surface area contributed by atoms with Crippen molar-refractivity contribution in [2.24, 2.45) is 17.8 Å². The van der Waals surface area contributed by atoms with Crippen molar-refractivity contribution < 1.29 is 38.5 Å². The van der Waals surface area contributed by atoms with Gasteiger partial charge in [-0.05, 0) is 44.7 Å². The number of cyclic esters (lactones) is 1. The van der Waals surface area contributed by atoms with E-state index >= 15 is 0 Å². The lowest BCUT2D eigenvalue weighted by Gasteiger charge is -2.43. The zero-order valence-electron chi connectivity index (χ0n) is 28.6. The number of nitrogens with one attached hydrogen (secondary N) is 1. The van der Waals surface area contributed by atoms with Crippen molar-refractivity contribution in [3.05, 3.63) is 58.6 Å². The Bertz CT molecular complexity index is 1440. The van der Waals surface area contributed by atoms with E-state index in [4.69, 9.17) is 14.2 Å². The highest BCUT2D eigenvalue weighted by Crippen LogP contribution is 2.59. The normalized spacial score (nSPS) is 33.2. The van der Waals surface area contributed by atoms with Crippen LogP contribution in [0.1, 0.15) is 65.5 Å². The first-order valence-corrected chi connectivity index (χ1v) is 17.6. The summed E-state index contributed by atoms with van der Waals surface area (Å²) in [4.78, 5) is 60.6. The van der Waals surface area contributed by atoms with Gasteiger partial charge in [0.25, 0.3) is 0 Å². The molecule has 4 aliphatic heterocycles. The molecule has 48 heavy (non-hydrogen) atoms. The molecule has 262 valence electrons. The molecule has 0 aliphatic carbocycles. The van der Waals surface area contributed by atoms with Crippen molar-refractivity contribution in [2.75, 3.05) is 26.9 Å². The van der Waals surface area contributed by atoms with Crippen molar-refractivity contribution in [3.63, 3.8) is 0 Å². The summed E-state index contributed by atoms with van der Waals surface area (Å²) in [5, 5.41) is 13.7. The summed E-state index contributed by atoms with van der Waals surface area (Å²) in [7, 11) is 1.51. The Labute approximate surface area is 291 Å². The Morgan fingerprint density at radius 1 is 1.10 bits per heavy atom. The Kier molecular flexibility index (Phi) is 10.9. The van der Waals surface area contributed by atoms with Crippen LogP contribution in [-0.4, -0.2) is 101 Å². The van der Waals surface area contributed by atoms with Crippen LogP contribution in [0.15, 0.2) is 53.0 Å². The van der Waals surface area contributed by atoms with E-state index in [9.17, 15) is 24.3 Å². The number of aliphatic hydroxyl groups is 1. The van der Waals surface area contributed by atoms with Gasteiger partial charge in [0, 0.05) is 30.1 Å². The number of esters is 1. The minimum atomic E-state index is -1.48. The van der Waals surface area contributed by atoms with Crippen LogP contribution in [0.2, 0.25) is 0 Å². The standard InChI is InChI=1S/C36H48BrN3O8/c1-7-21(2)25(19-41)40-31-33(44)39(35(3,4)5)17-13-9-12-16-26(42)38-24(20-46-6)29(22-14-10-8-11-15-22)47-34(45)27-28(32(40)43)36(31)18-23(37)30(27)48-36/h8-11,13-15,18,21,24-25,27-31,41H,7,12,16-17,19-20H2,1-6H3,(H,38,42)/b13-9-/t21-,24-,25-,27+,28-,29-,30+,31+,36-/m0/s1. The fraction of sp³-hybridized carbons (Fsp3) is 0.611. The number of fused-ring (bicyclic) bond motifs is 2. The van der Waals surface area contributed by atoms with Crippen molar-refractivity contribution in [2.45, 2.75) is 95.4 Å². The van der Waals surface area contributed by atoms with Gasteiger partial charge in [-0.15, -0.1) is 0 Å². The smallest absolute Gasteiger partial charge is 0.313 e. The second kappa shape index (κ2) is 14.4. The van der Waals surface area contributed by atoms with E-state index in [1.165, 1.54) is 12.0 Å². The number of halogens is 1. The van der Waals surface area contributed by atoms with Crippen LogP contribution in [0.25, 0.3) is 0 Å². The monoisotopic (exact) mass is 729 g/mol. The quantitative estimate of drug-likeness (QED) is 0.321. The second-order valence-electron chi connectivity index (χ2n) is 14.2. The molecule has 4 heterocycles. The molecular formula is C36H48BrN3O8. The summed E-state index contributed by atoms with van der Waals surface area (Å²) in [6, 6.07) is 6.53. The highest BCUT2D eigenvalue weighted by Gasteiger charge is 2.76. The van der Waals surface area contributed by atoms with E-state index in [1.807, 2.05) is 77.1 Å². The third kappa shape index (κ3) is 6.48. The predicted molar refractivity (Wildman–Crippen MR) is 181 cm³/mol. The number of aliphatic hydroxyl groups excluding tert-OH is 1. The molecule has 0 radical (unpaired) electrons. The van der Waals surface area contributed by atoms with Gasteiger partial charge in [0.05, 0.1) is 31.2 Å². The van der Waals surface area contributed by atoms with Crippen LogP contribution in [0.4, 0.5) is 0 Å². The number of amides is 3. The number of likely N-dealkylation sites (tertiary alicyclic amines) is 1. The maximum absolute atomic E-state index is 14.9. The molecule has 0 unspecified atom stereocenters. The molecular weight excluding hydrogens is 682 g/mol. The number of allylic oxidation sites excluding steroid dienone is 1. The van der Waals surface area contributed by atoms with Gasteiger partial charge in [0.15, 0.2) is 0 Å². The molecule has 0 saturated carbocycles. The molecule has 2 saturated heterocycles. The van der Waals surface area contributed by atoms with Gasteiger partial charge in [-0.3, -0.25) is 19.2 Å². The number of nitrogens with zero attached hydrogens (tertiary/aromatic N) is 2. The van der Waals surface area contributed by atoms with Gasteiger partial charge in [0.2, 0.25) is 17.7 Å². The summed E-state index contributed by atoms with van der Waals surface area (Å²) < 4.78 is 19.0. The van der Waals surface area contributed by atoms with Crippen LogP contribution in [0.5, 0.6) is 0 Å². The molecule has 1 spiro atoms. The molecule has 2 N–H and O–H groups in total. The number of carbonyl (C=O) groups is 4. The number of methoxy groups -OCH3 is 1. The first kappa shape index (κ1) is 36.2. The number of hydrogen-bond acceptors (Lipinski definition) is 8. The molecule has 5 rings (SSSR count). The number of rotatable bonds is 7. The topological polar surface area (TPSA) is 135 Å². The first-order chi connectivity index (χ1) is 22.8. The zero-order chi connectivity index (χ0) is 35.0. The van der Waals surface area contributed by atoms with E-state index in [2.05, 4.69) is 21.2 Å². The SMILES string of the molecule is CC[C@H](C)[C@H](CO)N1C(=O)[C@@H]2[C@H]3C(=O)O[C@@H](c4ccccc4)[C@H](COC)NC(=O)CC/C=C\CN(C(C)(C)C)C(=O)[C@@H]1[C@]21C=C(Br)[C@H]3O1. The molecule has 9 atom stereocenters. The average Bonchev–Trinajstić information content (AvgIpc) is 3.64. The van der Waals surface area contributed by atoms with E-state index in [1.54, 1.807) is 11.0 Å². The fourth-order valence-corrected chi connectivity index (χ4v) is 8.36. The van der Waals surface area contributed by atoms with Gasteiger partial charge >= 0.3 is 5.97 Å². The number of ether oxygens (including phenoxy) is 3. The Hall–Kier alpha value is -3.06. The largest absolute Gasteiger partial charge is 0.455 e. The first-order valence-electron chi connectivity index (χ1n) is 16.8. The molecule has 5 bridgehead atoms. The van der Waals surface area contributed by atoms with Crippen molar-refractivity contribution >= 4 is 39.6 Å². The third-order valence-corrected chi connectivity index (χ3v) is 10.9. The van der Waals surface area contributed by atoms with Crippen LogP contribution in [0, 0.1) is 17.8 Å². The highest BCUT2D eigenvalue weighted by molar-refractivity contribution is 9.11. The Morgan fingerprint density at radius 2 is 1.81 bits per heavy atom. The molecule has 12 heteroatoms. The molecule has 11 nitrogen and oxygen atoms in total. The maximum Gasteiger partial charge on any atom is 0.313 e. The summed E-state index contributed by atoms with van der Waals surface area (Å²) in [5.41, 5.74) is -1.50. The van der Waals surface area contributed by atoms with Gasteiger partial charge in [-0.2, -0.15) is 0 Å². The Morgan fingerprint density at radius 3 is 2.44 bits per heavy atom. The summed E-state index contributed by atoms with van der Waals surface area (Å²) in [5.74, 6) is -4.05. The number of carbonyl (C=O) groups excluding carboxylic acids is 4. The summed E-state index contributed by atoms with van der Waals surface area (Å²) >= 11 is 3.61. The van der Waals surface area contributed by atoms with Gasteiger partial charge in [-0.25, -0.2) is 0 Å². The summed E-state index contributed by atoms with van der Waals surface area (Å²) in [6.07, 6.45) is 4.92. The third-order valence-electron chi connectivity index (χ3n) is 10.2. The molecule has 3 amide bonds. The van der Waals surface area contributed by atoms with Crippen molar-refractivity contribution in [3.8, 4) is 0 Å². The van der Waals surface area contributed by atoms with Crippen LogP contribution < -0.4 is 5.32 Å². The molecule has 2 fully saturated rings. The fourth-order valence-electron chi connectivity index (χ4n) is 7.62. The van der Waals surface area contributed by atoms with Crippen LogP contribution in [-0.2, 0) is 33.4 Å². The van der Waals surface area contributed by atoms with Crippen molar-refractivity contribution in [1.82, 2.24) is 15.1 Å². The second-order valence-corrected chi connectivity index (χ2v) is 15.2. The lowest BCUT2D eigenvalue weighted by Crippen LogP contribution is -2.62. The number of hydrogen-bond donors (Lipinski definition) is 2. The zero-order valence-corrected chi connectivity index (χ0v) is 30.1. The minimum Gasteiger partial charge on any atom is -0.455 e. The maximum atomic E-state index is 14.9. The van der Waals surface area contributed by atoms with Gasteiger partial charge in [-0.1, -0.05) is 78.7 Å². The van der Waals surface area contributed by atoms with Crippen molar-refractivity contribution in [1.29, 1.82) is 0 Å². The van der Waals surface area contributed by atoms with E-state index < -0.39 is 65.2 Å². The highest BCUT2D eigenvalue weighted by atomic mass is 79.9. The Balaban J connectivity index is 1.68. The molecule has 1 aromatic rings. The van der Waals surface area contributed by atoms with Gasteiger partial charge < -0.3 is 34.4 Å². The number of benzene rings is 1. The van der Waals surface area contributed by atoms with E-state index in [0.717, 1.165) is 0 Å². The van der Waals surface area contributed by atoms with Crippen LogP contribution >= 0.6 is 15.9 Å². The molecule has 4 aliphatic rings. The average molecular weight is 731 g/mol. The minimum absolute atomic E-state index is 0.0624. The van der Waals surface area contributed by atoms with E-state index in [0.29, 0.717) is 22.9 Å². The van der Waals surface area contributed by atoms with E-state index in [-0.39, 0.29) is 43.9 Å². The van der Waals surface area contributed by atoms with Crippen LogP contribution in [0.3, 0.4) is 0 Å². The lowest BCUT2D eigenvalue weighted by molar-refractivity contribution is -0.163. The summed E-state index contributed by atoms with van der Waals surface area (Å²) in [6.45, 7) is 9.59. The molecule has 1 aromatic carbocycles. The van der Waals surface area contributed by atoms with Gasteiger partial charge in [0.1, 0.15) is 29.8 Å². The molecule has 0 aromatic heterocycles. The predicted octanol–water partition coefficient (Wildman–Crippen LogP) is 3.66. The lowest BCUT2D eigenvalue weighted by atomic mass is 9.74.